The Morgan fingerprint density at radius 3 is 2.63 bits per heavy atom. The van der Waals surface area contributed by atoms with Crippen LogP contribution < -0.4 is 16.6 Å². The molecule has 1 fully saturated rings. The molecule has 1 aliphatic rings. The first-order chi connectivity index (χ1) is 20.5. The predicted octanol–water partition coefficient (Wildman–Crippen LogP) is 5.71. The number of aryl methyl sites for hydroxylation is 1. The van der Waals surface area contributed by atoms with Crippen LogP contribution in [0.1, 0.15) is 23.3 Å². The summed E-state index contributed by atoms with van der Waals surface area (Å²) in [5.74, 6) is 0. The van der Waals surface area contributed by atoms with Gasteiger partial charge < -0.3 is 9.88 Å². The second kappa shape index (κ2) is 11.0. The minimum atomic E-state index is -4.62. The standard InChI is InChI=1S/C30H26ClF3N6O2S/c1-18-13-39(17-30(32,33)34)28(42)40(27(18)41)14-21-12-24-26(43-21)22(2-6-37-24)23-11-20(31)10-19-3-9-38(25(19)23)16-29(15-35)4-7-36-8-5-29/h2-3,6,9-13,36H,4-5,7-8,14,16-17H2,1H3. The van der Waals surface area contributed by atoms with Crippen LogP contribution >= 0.6 is 22.9 Å². The third-order valence-electron chi connectivity index (χ3n) is 7.92. The van der Waals surface area contributed by atoms with Crippen molar-refractivity contribution in [2.75, 3.05) is 13.1 Å². The summed E-state index contributed by atoms with van der Waals surface area (Å²) in [4.78, 5) is 30.8. The molecule has 13 heteroatoms. The molecule has 5 aromatic rings. The Labute approximate surface area is 252 Å². The Morgan fingerprint density at radius 2 is 1.91 bits per heavy atom. The van der Waals surface area contributed by atoms with Crippen LogP contribution in [0.25, 0.3) is 32.2 Å². The third-order valence-corrected chi connectivity index (χ3v) is 9.28. The highest BCUT2D eigenvalue weighted by atomic mass is 35.5. The van der Waals surface area contributed by atoms with E-state index >= 15 is 0 Å². The Kier molecular flexibility index (Phi) is 7.44. The fraction of sp³-hybridized carbons (Fsp3) is 0.333. The zero-order chi connectivity index (χ0) is 30.5. The highest BCUT2D eigenvalue weighted by Crippen LogP contribution is 2.40. The molecule has 0 saturated carbocycles. The summed E-state index contributed by atoms with van der Waals surface area (Å²) in [7, 11) is 0. The van der Waals surface area contributed by atoms with E-state index in [1.54, 1.807) is 12.3 Å². The molecule has 0 aliphatic carbocycles. The van der Waals surface area contributed by atoms with Gasteiger partial charge in [0.1, 0.15) is 6.54 Å². The summed E-state index contributed by atoms with van der Waals surface area (Å²) in [6.07, 6.45) is 1.44. The van der Waals surface area contributed by atoms with E-state index in [1.807, 2.05) is 30.5 Å². The lowest BCUT2D eigenvalue weighted by Crippen LogP contribution is -2.42. The van der Waals surface area contributed by atoms with Crippen LogP contribution in [0.4, 0.5) is 13.2 Å². The fourth-order valence-corrected chi connectivity index (χ4v) is 7.22. The lowest BCUT2D eigenvalue weighted by molar-refractivity contribution is -0.141. The third kappa shape index (κ3) is 5.60. The van der Waals surface area contributed by atoms with Crippen molar-refractivity contribution in [3.63, 3.8) is 0 Å². The average Bonchev–Trinajstić information content (AvgIpc) is 3.56. The van der Waals surface area contributed by atoms with Gasteiger partial charge in [-0.05, 0) is 63.2 Å². The van der Waals surface area contributed by atoms with Gasteiger partial charge in [0.15, 0.2) is 0 Å². The molecule has 0 unspecified atom stereocenters. The van der Waals surface area contributed by atoms with Crippen molar-refractivity contribution in [2.24, 2.45) is 5.41 Å². The SMILES string of the molecule is Cc1cn(CC(F)(F)F)c(=O)n(Cc2cc3nccc(-c4cc(Cl)cc5ccn(CC6(C#N)CCNCC6)c45)c3s2)c1=O. The maximum absolute atomic E-state index is 13.1. The maximum Gasteiger partial charge on any atom is 0.406 e. The molecular formula is C30H26ClF3N6O2S. The van der Waals surface area contributed by atoms with Crippen LogP contribution in [0.15, 0.2) is 58.5 Å². The van der Waals surface area contributed by atoms with Gasteiger partial charge in [0.05, 0.1) is 33.8 Å². The maximum atomic E-state index is 13.1. The molecule has 0 radical (unpaired) electrons. The Bertz CT molecular complexity index is 2030. The quantitative estimate of drug-likeness (QED) is 0.261. The van der Waals surface area contributed by atoms with Gasteiger partial charge in [-0.2, -0.15) is 18.4 Å². The van der Waals surface area contributed by atoms with Gasteiger partial charge in [0.25, 0.3) is 5.56 Å². The molecule has 8 nitrogen and oxygen atoms in total. The van der Waals surface area contributed by atoms with E-state index in [2.05, 4.69) is 20.9 Å². The number of nitrogens with zero attached hydrogens (tertiary/aromatic N) is 5. The number of halogens is 4. The fourth-order valence-electron chi connectivity index (χ4n) is 5.86. The molecule has 0 atom stereocenters. The van der Waals surface area contributed by atoms with Crippen molar-refractivity contribution in [1.82, 2.24) is 24.0 Å². The minimum absolute atomic E-state index is 0.0368. The van der Waals surface area contributed by atoms with Crippen LogP contribution in [-0.2, 0) is 19.6 Å². The summed E-state index contributed by atoms with van der Waals surface area (Å²) in [6, 6.07) is 11.9. The van der Waals surface area contributed by atoms with Crippen molar-refractivity contribution >= 4 is 44.1 Å². The molecule has 4 aromatic heterocycles. The van der Waals surface area contributed by atoms with Crippen molar-refractivity contribution in [1.29, 1.82) is 5.26 Å². The van der Waals surface area contributed by atoms with Gasteiger partial charge in [-0.1, -0.05) is 11.6 Å². The average molecular weight is 627 g/mol. The van der Waals surface area contributed by atoms with E-state index in [0.29, 0.717) is 26.5 Å². The first-order valence-electron chi connectivity index (χ1n) is 13.6. The molecule has 0 spiro atoms. The number of hydrogen-bond donors (Lipinski definition) is 1. The second-order valence-corrected chi connectivity index (χ2v) is 12.6. The number of nitrogens with one attached hydrogen (secondary N) is 1. The van der Waals surface area contributed by atoms with Crippen molar-refractivity contribution in [2.45, 2.75) is 45.6 Å². The molecule has 6 rings (SSSR count). The van der Waals surface area contributed by atoms with Crippen molar-refractivity contribution in [3.05, 3.63) is 85.2 Å². The van der Waals surface area contributed by atoms with E-state index in [9.17, 15) is 28.0 Å². The number of fused-ring (bicyclic) bond motifs is 2. The molecule has 0 bridgehead atoms. The molecule has 222 valence electrons. The molecule has 1 aliphatic heterocycles. The number of thiophene rings is 1. The largest absolute Gasteiger partial charge is 0.406 e. The molecule has 1 aromatic carbocycles. The van der Waals surface area contributed by atoms with Crippen LogP contribution in [0.5, 0.6) is 0 Å². The first-order valence-corrected chi connectivity index (χ1v) is 14.8. The molecule has 1 saturated heterocycles. The molecular weight excluding hydrogens is 601 g/mol. The lowest BCUT2D eigenvalue weighted by Gasteiger charge is -2.32. The first kappa shape index (κ1) is 29.2. The van der Waals surface area contributed by atoms with Crippen LogP contribution in [0.3, 0.4) is 0 Å². The van der Waals surface area contributed by atoms with Gasteiger partial charge in [-0.25, -0.2) is 4.79 Å². The molecule has 43 heavy (non-hydrogen) atoms. The zero-order valence-electron chi connectivity index (χ0n) is 23.0. The predicted molar refractivity (Wildman–Crippen MR) is 161 cm³/mol. The lowest BCUT2D eigenvalue weighted by atomic mass is 9.80. The Balaban J connectivity index is 1.45. The van der Waals surface area contributed by atoms with E-state index in [1.165, 1.54) is 18.3 Å². The second-order valence-electron chi connectivity index (χ2n) is 11.0. The minimum Gasteiger partial charge on any atom is -0.345 e. The van der Waals surface area contributed by atoms with E-state index in [4.69, 9.17) is 11.6 Å². The Morgan fingerprint density at radius 1 is 1.14 bits per heavy atom. The van der Waals surface area contributed by atoms with Crippen LogP contribution in [0, 0.1) is 23.7 Å². The van der Waals surface area contributed by atoms with E-state index < -0.39 is 29.4 Å². The number of hydrogen-bond acceptors (Lipinski definition) is 6. The summed E-state index contributed by atoms with van der Waals surface area (Å²) < 4.78 is 43.5. The number of pyridine rings is 1. The van der Waals surface area contributed by atoms with Gasteiger partial charge in [-0.3, -0.25) is 18.9 Å². The number of alkyl halides is 3. The highest BCUT2D eigenvalue weighted by molar-refractivity contribution is 7.19. The van der Waals surface area contributed by atoms with Gasteiger partial charge in [0.2, 0.25) is 0 Å². The van der Waals surface area contributed by atoms with Crippen molar-refractivity contribution < 1.29 is 13.2 Å². The number of piperidine rings is 1. The van der Waals surface area contributed by atoms with E-state index in [0.717, 1.165) is 63.4 Å². The zero-order valence-corrected chi connectivity index (χ0v) is 24.6. The molecule has 1 N–H and O–H groups in total. The number of benzene rings is 1. The van der Waals surface area contributed by atoms with Gasteiger partial charge in [0, 0.05) is 57.1 Å². The number of nitriles is 1. The van der Waals surface area contributed by atoms with Gasteiger partial charge >= 0.3 is 11.9 Å². The highest BCUT2D eigenvalue weighted by Gasteiger charge is 2.33. The number of aromatic nitrogens is 4. The summed E-state index contributed by atoms with van der Waals surface area (Å²) >= 11 is 7.88. The Hall–Kier alpha value is -3.92. The normalized spacial score (nSPS) is 15.3. The summed E-state index contributed by atoms with van der Waals surface area (Å²) in [6.45, 7) is 1.78. The summed E-state index contributed by atoms with van der Waals surface area (Å²) in [5, 5.41) is 14.9. The molecule has 0 amide bonds. The summed E-state index contributed by atoms with van der Waals surface area (Å²) in [5.41, 5.74) is 1.07. The van der Waals surface area contributed by atoms with Crippen molar-refractivity contribution in [3.8, 4) is 17.2 Å². The van der Waals surface area contributed by atoms with Crippen LogP contribution in [0.2, 0.25) is 5.02 Å². The number of rotatable bonds is 6. The van der Waals surface area contributed by atoms with Crippen LogP contribution in [-0.4, -0.2) is 38.0 Å². The molecule has 5 heterocycles. The van der Waals surface area contributed by atoms with E-state index in [-0.39, 0.29) is 12.1 Å². The van der Waals surface area contributed by atoms with Gasteiger partial charge in [-0.15, -0.1) is 11.3 Å². The monoisotopic (exact) mass is 626 g/mol. The smallest absolute Gasteiger partial charge is 0.345 e. The topological polar surface area (TPSA) is 97.6 Å².